The Bertz CT molecular complexity index is 955. The van der Waals surface area contributed by atoms with Gasteiger partial charge in [0.2, 0.25) is 0 Å². The molecule has 0 spiro atoms. The maximum atomic E-state index is 14.1. The quantitative estimate of drug-likeness (QED) is 0.772. The zero-order chi connectivity index (χ0) is 17.0. The molecule has 0 aliphatic carbocycles. The number of hydrogen-bond acceptors (Lipinski definition) is 4. The number of hydrogen-bond donors (Lipinski definition) is 1. The lowest BCUT2D eigenvalue weighted by atomic mass is 10.2. The first kappa shape index (κ1) is 15.9. The van der Waals surface area contributed by atoms with Gasteiger partial charge in [0.1, 0.15) is 18.3 Å². The van der Waals surface area contributed by atoms with Crippen molar-refractivity contribution in [2.45, 2.75) is 0 Å². The lowest BCUT2D eigenvalue weighted by molar-refractivity contribution is 0.608. The second-order valence-electron chi connectivity index (χ2n) is 4.87. The molecule has 2 aromatic carbocycles. The molecule has 0 bridgehead atoms. The molecule has 0 saturated heterocycles. The van der Waals surface area contributed by atoms with Gasteiger partial charge in [0, 0.05) is 6.07 Å². The highest BCUT2D eigenvalue weighted by Gasteiger charge is 2.10. The molecule has 0 aliphatic rings. The molecule has 6 nitrogen and oxygen atoms in total. The van der Waals surface area contributed by atoms with Crippen LogP contribution in [0.25, 0.3) is 11.8 Å². The van der Waals surface area contributed by atoms with Crippen LogP contribution in [0.1, 0.15) is 5.56 Å². The van der Waals surface area contributed by atoms with Crippen molar-refractivity contribution >= 4 is 21.8 Å². The van der Waals surface area contributed by atoms with E-state index < -0.39 is 15.8 Å². The van der Waals surface area contributed by atoms with Crippen LogP contribution in [-0.2, 0) is 10.0 Å². The summed E-state index contributed by atoms with van der Waals surface area (Å²) in [7, 11) is -3.75. The van der Waals surface area contributed by atoms with E-state index in [9.17, 15) is 12.8 Å². The van der Waals surface area contributed by atoms with Crippen LogP contribution in [0, 0.1) is 5.82 Å². The number of nitrogens with one attached hydrogen (secondary N) is 1. The molecular formula is C16H13FN4O2S. The van der Waals surface area contributed by atoms with Crippen molar-refractivity contribution in [3.05, 3.63) is 78.0 Å². The number of aromatic nitrogens is 3. The molecule has 1 heterocycles. The second kappa shape index (κ2) is 6.63. The number of rotatable bonds is 5. The van der Waals surface area contributed by atoms with E-state index in [0.29, 0.717) is 0 Å². The third-order valence-corrected chi connectivity index (χ3v) is 4.13. The van der Waals surface area contributed by atoms with Gasteiger partial charge in [-0.1, -0.05) is 30.3 Å². The minimum absolute atomic E-state index is 0.120. The van der Waals surface area contributed by atoms with Crippen LogP contribution < -0.4 is 4.72 Å². The summed E-state index contributed by atoms with van der Waals surface area (Å²) < 4.78 is 41.8. The highest BCUT2D eigenvalue weighted by molar-refractivity contribution is 7.95. The summed E-state index contributed by atoms with van der Waals surface area (Å²) in [4.78, 5) is 3.74. The van der Waals surface area contributed by atoms with Crippen molar-refractivity contribution in [2.24, 2.45) is 0 Å². The zero-order valence-electron chi connectivity index (χ0n) is 12.4. The third-order valence-electron chi connectivity index (χ3n) is 3.11. The van der Waals surface area contributed by atoms with Crippen LogP contribution >= 0.6 is 0 Å². The zero-order valence-corrected chi connectivity index (χ0v) is 13.2. The average molecular weight is 344 g/mol. The van der Waals surface area contributed by atoms with Gasteiger partial charge >= 0.3 is 0 Å². The van der Waals surface area contributed by atoms with Crippen molar-refractivity contribution in [1.82, 2.24) is 14.8 Å². The first-order chi connectivity index (χ1) is 11.5. The van der Waals surface area contributed by atoms with Gasteiger partial charge in [0.25, 0.3) is 10.0 Å². The van der Waals surface area contributed by atoms with Gasteiger partial charge in [-0.25, -0.2) is 22.5 Å². The second-order valence-corrected chi connectivity index (χ2v) is 6.43. The van der Waals surface area contributed by atoms with Crippen molar-refractivity contribution < 1.29 is 12.8 Å². The van der Waals surface area contributed by atoms with Crippen molar-refractivity contribution in [2.75, 3.05) is 4.72 Å². The first-order valence-corrected chi connectivity index (χ1v) is 8.49. The molecule has 0 saturated carbocycles. The van der Waals surface area contributed by atoms with Gasteiger partial charge in [0.05, 0.1) is 11.1 Å². The Hall–Kier alpha value is -3.00. The fourth-order valence-electron chi connectivity index (χ4n) is 2.02. The molecule has 24 heavy (non-hydrogen) atoms. The predicted octanol–water partition coefficient (Wildman–Crippen LogP) is 2.82. The van der Waals surface area contributed by atoms with E-state index in [1.807, 2.05) is 6.07 Å². The maximum Gasteiger partial charge on any atom is 0.255 e. The summed E-state index contributed by atoms with van der Waals surface area (Å²) in [5.41, 5.74) is 1.04. The summed E-state index contributed by atoms with van der Waals surface area (Å²) in [5, 5.41) is 4.86. The Morgan fingerprint density at radius 3 is 2.58 bits per heavy atom. The van der Waals surface area contributed by atoms with Gasteiger partial charge in [-0.2, -0.15) is 5.10 Å². The molecule has 8 heteroatoms. The Morgan fingerprint density at radius 1 is 1.12 bits per heavy atom. The highest BCUT2D eigenvalue weighted by atomic mass is 32.2. The Labute approximate surface area is 138 Å². The van der Waals surface area contributed by atoms with Gasteiger partial charge in [0.15, 0.2) is 5.82 Å². The topological polar surface area (TPSA) is 76.9 Å². The van der Waals surface area contributed by atoms with Crippen LogP contribution in [0.2, 0.25) is 0 Å². The standard InChI is InChI=1S/C16H13FN4O2S/c17-15-10-14(6-7-16(15)21-12-18-11-19-21)20-24(22,23)9-8-13-4-2-1-3-5-13/h1-12,20H. The number of nitrogens with zero attached hydrogens (tertiary/aromatic N) is 3. The monoisotopic (exact) mass is 344 g/mol. The highest BCUT2D eigenvalue weighted by Crippen LogP contribution is 2.18. The molecule has 0 atom stereocenters. The van der Waals surface area contributed by atoms with Gasteiger partial charge in [-0.05, 0) is 23.8 Å². The maximum absolute atomic E-state index is 14.1. The number of sulfonamides is 1. The molecule has 0 amide bonds. The number of benzene rings is 2. The normalized spacial score (nSPS) is 11.7. The average Bonchev–Trinajstić information content (AvgIpc) is 3.08. The Balaban J connectivity index is 1.78. The van der Waals surface area contributed by atoms with E-state index in [1.54, 1.807) is 24.3 Å². The summed E-state index contributed by atoms with van der Waals surface area (Å²) in [6.45, 7) is 0. The van der Waals surface area contributed by atoms with E-state index in [2.05, 4.69) is 14.8 Å². The Kier molecular flexibility index (Phi) is 4.39. The molecule has 0 unspecified atom stereocenters. The molecule has 1 aromatic heterocycles. The molecule has 0 aliphatic heterocycles. The summed E-state index contributed by atoms with van der Waals surface area (Å²) in [5.74, 6) is -0.618. The van der Waals surface area contributed by atoms with Crippen LogP contribution in [0.5, 0.6) is 0 Å². The largest absolute Gasteiger partial charge is 0.280 e. The fourth-order valence-corrected chi connectivity index (χ4v) is 2.88. The van der Waals surface area contributed by atoms with Gasteiger partial charge < -0.3 is 0 Å². The molecule has 0 radical (unpaired) electrons. The minimum Gasteiger partial charge on any atom is -0.280 e. The van der Waals surface area contributed by atoms with E-state index in [4.69, 9.17) is 0 Å². The van der Waals surface area contributed by atoms with Crippen LogP contribution in [0.3, 0.4) is 0 Å². The summed E-state index contributed by atoms with van der Waals surface area (Å²) >= 11 is 0. The number of halogens is 1. The SMILES string of the molecule is O=S(=O)(C=Cc1ccccc1)Nc1ccc(-n2cncn2)c(F)c1. The van der Waals surface area contributed by atoms with Crippen LogP contribution in [-0.4, -0.2) is 23.2 Å². The van der Waals surface area contributed by atoms with E-state index in [1.165, 1.54) is 35.5 Å². The molecule has 0 fully saturated rings. The molecule has 1 N–H and O–H groups in total. The van der Waals surface area contributed by atoms with Crippen molar-refractivity contribution in [3.63, 3.8) is 0 Å². The summed E-state index contributed by atoms with van der Waals surface area (Å²) in [6, 6.07) is 13.0. The lowest BCUT2D eigenvalue weighted by Crippen LogP contribution is -2.09. The van der Waals surface area contributed by atoms with E-state index >= 15 is 0 Å². The predicted molar refractivity (Wildman–Crippen MR) is 89.3 cm³/mol. The molecular weight excluding hydrogens is 331 g/mol. The first-order valence-electron chi connectivity index (χ1n) is 6.94. The van der Waals surface area contributed by atoms with Crippen LogP contribution in [0.4, 0.5) is 10.1 Å². The van der Waals surface area contributed by atoms with Crippen LogP contribution in [0.15, 0.2) is 66.6 Å². The van der Waals surface area contributed by atoms with Gasteiger partial charge in [-0.3, -0.25) is 4.72 Å². The van der Waals surface area contributed by atoms with Crippen molar-refractivity contribution in [1.29, 1.82) is 0 Å². The lowest BCUT2D eigenvalue weighted by Gasteiger charge is -2.07. The van der Waals surface area contributed by atoms with Gasteiger partial charge in [-0.15, -0.1) is 0 Å². The minimum atomic E-state index is -3.75. The molecule has 3 rings (SSSR count). The smallest absolute Gasteiger partial charge is 0.255 e. The Morgan fingerprint density at radius 2 is 1.92 bits per heavy atom. The number of anilines is 1. The molecule has 122 valence electrons. The fraction of sp³-hybridized carbons (Fsp3) is 0. The van der Waals surface area contributed by atoms with Crippen molar-refractivity contribution in [3.8, 4) is 5.69 Å². The third kappa shape index (κ3) is 3.85. The summed E-state index contributed by atoms with van der Waals surface area (Å²) in [6.07, 6.45) is 4.10. The van der Waals surface area contributed by atoms with E-state index in [-0.39, 0.29) is 11.4 Å². The molecule has 3 aromatic rings. The van der Waals surface area contributed by atoms with E-state index in [0.717, 1.165) is 17.0 Å².